The molecule has 104 valence electrons. The minimum atomic E-state index is -0.527. The van der Waals surface area contributed by atoms with Crippen LogP contribution in [0.1, 0.15) is 25.8 Å². The topological polar surface area (TPSA) is 52.3 Å². The summed E-state index contributed by atoms with van der Waals surface area (Å²) in [5.41, 5.74) is 6.81. The molecule has 1 aromatic rings. The van der Waals surface area contributed by atoms with E-state index < -0.39 is 4.75 Å². The molecule has 3 nitrogen and oxygen atoms in total. The summed E-state index contributed by atoms with van der Waals surface area (Å²) in [6, 6.07) is 7.27. The first-order valence-electron chi connectivity index (χ1n) is 6.29. The fraction of sp³-hybridized carbons (Fsp3) is 0.500. The van der Waals surface area contributed by atoms with Crippen molar-refractivity contribution in [2.24, 2.45) is 11.7 Å². The summed E-state index contributed by atoms with van der Waals surface area (Å²) in [5.74, 6) is 0.220. The average Bonchev–Trinajstić information content (AvgIpc) is 2.99. The molecule has 0 aromatic heterocycles. The molecule has 0 bridgehead atoms. The van der Waals surface area contributed by atoms with Crippen LogP contribution < -0.4 is 5.73 Å². The Morgan fingerprint density at radius 3 is 2.53 bits per heavy atom. The van der Waals surface area contributed by atoms with Gasteiger partial charge in [-0.05, 0) is 30.0 Å². The second kappa shape index (κ2) is 5.73. The van der Waals surface area contributed by atoms with Crippen LogP contribution in [0.2, 0.25) is 5.02 Å². The van der Waals surface area contributed by atoms with Crippen molar-refractivity contribution in [3.63, 3.8) is 0 Å². The van der Waals surface area contributed by atoms with Gasteiger partial charge in [-0.2, -0.15) is 0 Å². The number of carbonyl (C=O) groups excluding carboxylic acids is 1. The Hall–Kier alpha value is -0.710. The lowest BCUT2D eigenvalue weighted by molar-refractivity contribution is -0.147. The van der Waals surface area contributed by atoms with Crippen molar-refractivity contribution < 1.29 is 9.53 Å². The molecule has 1 aromatic carbocycles. The Morgan fingerprint density at radius 1 is 1.47 bits per heavy atom. The summed E-state index contributed by atoms with van der Waals surface area (Å²) in [6.45, 7) is 4.43. The van der Waals surface area contributed by atoms with Gasteiger partial charge in [0.2, 0.25) is 0 Å². The fourth-order valence-electron chi connectivity index (χ4n) is 2.06. The number of nitrogens with two attached hydrogens (primary N) is 1. The summed E-state index contributed by atoms with van der Waals surface area (Å²) in [6.07, 6.45) is 0.762. The van der Waals surface area contributed by atoms with Gasteiger partial charge in [0.1, 0.15) is 11.4 Å². The highest BCUT2D eigenvalue weighted by Gasteiger charge is 2.61. The van der Waals surface area contributed by atoms with Gasteiger partial charge in [0.05, 0.1) is 5.37 Å². The SMILES string of the molecule is CC(C)C[C@@]1(C(=O)OCc2ccc(Cl)cc2)SC1N. The third-order valence-electron chi connectivity index (χ3n) is 3.08. The maximum absolute atomic E-state index is 12.2. The van der Waals surface area contributed by atoms with Crippen LogP contribution in [0.25, 0.3) is 0 Å². The van der Waals surface area contributed by atoms with E-state index in [-0.39, 0.29) is 18.0 Å². The van der Waals surface area contributed by atoms with Gasteiger partial charge >= 0.3 is 5.97 Å². The number of halogens is 1. The van der Waals surface area contributed by atoms with E-state index in [1.165, 1.54) is 11.8 Å². The predicted molar refractivity (Wildman–Crippen MR) is 79.0 cm³/mol. The number of carbonyl (C=O) groups is 1. The molecule has 1 aliphatic heterocycles. The van der Waals surface area contributed by atoms with Crippen molar-refractivity contribution in [1.82, 2.24) is 0 Å². The molecule has 2 atom stereocenters. The zero-order chi connectivity index (χ0) is 14.0. The third-order valence-corrected chi connectivity index (χ3v) is 4.74. The van der Waals surface area contributed by atoms with E-state index in [0.717, 1.165) is 12.0 Å². The van der Waals surface area contributed by atoms with E-state index in [9.17, 15) is 4.79 Å². The summed E-state index contributed by atoms with van der Waals surface area (Å²) in [7, 11) is 0. The van der Waals surface area contributed by atoms with Gasteiger partial charge in [-0.3, -0.25) is 4.79 Å². The molecule has 0 aliphatic carbocycles. The van der Waals surface area contributed by atoms with Gasteiger partial charge < -0.3 is 10.5 Å². The van der Waals surface area contributed by atoms with E-state index in [0.29, 0.717) is 10.9 Å². The van der Waals surface area contributed by atoms with Crippen LogP contribution in [0.4, 0.5) is 0 Å². The highest BCUT2D eigenvalue weighted by molar-refractivity contribution is 8.09. The largest absolute Gasteiger partial charge is 0.460 e. The van der Waals surface area contributed by atoms with E-state index in [4.69, 9.17) is 22.1 Å². The zero-order valence-electron chi connectivity index (χ0n) is 11.1. The molecule has 0 radical (unpaired) electrons. The van der Waals surface area contributed by atoms with Crippen LogP contribution >= 0.6 is 23.4 Å². The first-order chi connectivity index (χ1) is 8.94. The molecule has 2 N–H and O–H groups in total. The van der Waals surface area contributed by atoms with Crippen molar-refractivity contribution in [1.29, 1.82) is 0 Å². The maximum atomic E-state index is 12.2. The molecule has 0 saturated carbocycles. The molecule has 2 rings (SSSR count). The Labute approximate surface area is 122 Å². The van der Waals surface area contributed by atoms with Crippen molar-refractivity contribution >= 4 is 29.3 Å². The predicted octanol–water partition coefficient (Wildman–Crippen LogP) is 3.20. The second-order valence-electron chi connectivity index (χ2n) is 5.23. The zero-order valence-corrected chi connectivity index (χ0v) is 12.6. The number of thioether (sulfide) groups is 1. The molecule has 1 unspecified atom stereocenters. The molecule has 0 spiro atoms. The molecular weight excluding hydrogens is 282 g/mol. The van der Waals surface area contributed by atoms with Crippen molar-refractivity contribution in [3.05, 3.63) is 34.9 Å². The number of hydrogen-bond acceptors (Lipinski definition) is 4. The van der Waals surface area contributed by atoms with Gasteiger partial charge in [0.25, 0.3) is 0 Å². The lowest BCUT2D eigenvalue weighted by Crippen LogP contribution is -2.33. The molecule has 1 aliphatic rings. The van der Waals surface area contributed by atoms with Gasteiger partial charge in [0, 0.05) is 5.02 Å². The van der Waals surface area contributed by atoms with E-state index in [2.05, 4.69) is 13.8 Å². The fourth-order valence-corrected chi connectivity index (χ4v) is 3.35. The first-order valence-corrected chi connectivity index (χ1v) is 7.55. The van der Waals surface area contributed by atoms with E-state index in [1.807, 2.05) is 12.1 Å². The van der Waals surface area contributed by atoms with E-state index >= 15 is 0 Å². The molecule has 0 amide bonds. The molecule has 1 saturated heterocycles. The highest BCUT2D eigenvalue weighted by atomic mass is 35.5. The van der Waals surface area contributed by atoms with Crippen LogP contribution in [0.15, 0.2) is 24.3 Å². The van der Waals surface area contributed by atoms with Crippen LogP contribution in [0.5, 0.6) is 0 Å². The summed E-state index contributed by atoms with van der Waals surface area (Å²) < 4.78 is 4.86. The highest BCUT2D eigenvalue weighted by Crippen LogP contribution is 2.55. The first kappa shape index (κ1) is 14.7. The quantitative estimate of drug-likeness (QED) is 0.670. The number of benzene rings is 1. The maximum Gasteiger partial charge on any atom is 0.325 e. The monoisotopic (exact) mass is 299 g/mol. The van der Waals surface area contributed by atoms with Crippen molar-refractivity contribution in [2.45, 2.75) is 37.0 Å². The van der Waals surface area contributed by atoms with Crippen LogP contribution in [0, 0.1) is 5.92 Å². The van der Waals surface area contributed by atoms with Crippen LogP contribution in [-0.2, 0) is 16.1 Å². The Morgan fingerprint density at radius 2 is 2.05 bits per heavy atom. The van der Waals surface area contributed by atoms with Gasteiger partial charge in [-0.25, -0.2) is 0 Å². The Bertz CT molecular complexity index is 463. The standard InChI is InChI=1S/C14H18ClNO2S/c1-9(2)7-14(12(16)19-14)13(17)18-8-10-3-5-11(15)6-4-10/h3-6,9,12H,7-8,16H2,1-2H3/t12?,14-/m1/s1. The van der Waals surface area contributed by atoms with Crippen LogP contribution in [-0.4, -0.2) is 16.1 Å². The minimum Gasteiger partial charge on any atom is -0.460 e. The second-order valence-corrected chi connectivity index (χ2v) is 7.14. The molecule has 1 heterocycles. The smallest absolute Gasteiger partial charge is 0.325 e. The van der Waals surface area contributed by atoms with Crippen molar-refractivity contribution in [3.8, 4) is 0 Å². The molecule has 1 fully saturated rings. The third kappa shape index (κ3) is 3.44. The molecule has 19 heavy (non-hydrogen) atoms. The number of hydrogen-bond donors (Lipinski definition) is 1. The summed E-state index contributed by atoms with van der Waals surface area (Å²) >= 11 is 7.30. The lowest BCUT2D eigenvalue weighted by Gasteiger charge is -2.15. The summed E-state index contributed by atoms with van der Waals surface area (Å²) in [5, 5.41) is 0.541. The lowest BCUT2D eigenvalue weighted by atomic mass is 9.97. The summed E-state index contributed by atoms with van der Waals surface area (Å²) in [4.78, 5) is 12.2. The van der Waals surface area contributed by atoms with Gasteiger partial charge in [0.15, 0.2) is 0 Å². The van der Waals surface area contributed by atoms with Crippen LogP contribution in [0.3, 0.4) is 0 Å². The number of ether oxygens (including phenoxy) is 1. The van der Waals surface area contributed by atoms with Gasteiger partial charge in [-0.1, -0.05) is 37.6 Å². The van der Waals surface area contributed by atoms with Gasteiger partial charge in [-0.15, -0.1) is 11.8 Å². The Balaban J connectivity index is 1.92. The Kier molecular flexibility index (Phi) is 4.43. The van der Waals surface area contributed by atoms with Crippen molar-refractivity contribution in [2.75, 3.05) is 0 Å². The van der Waals surface area contributed by atoms with E-state index in [1.54, 1.807) is 12.1 Å². The molecule has 5 heteroatoms. The average molecular weight is 300 g/mol. The molecular formula is C14H18ClNO2S. The number of rotatable bonds is 5. The minimum absolute atomic E-state index is 0.132. The number of esters is 1. The normalized spacial score (nSPS) is 25.4.